The molecule has 1 aliphatic rings. The van der Waals surface area contributed by atoms with Gasteiger partial charge in [0, 0.05) is 5.56 Å². The van der Waals surface area contributed by atoms with E-state index in [2.05, 4.69) is 11.4 Å². The van der Waals surface area contributed by atoms with Crippen LogP contribution in [0.25, 0.3) is 10.8 Å². The van der Waals surface area contributed by atoms with Crippen LogP contribution in [0.5, 0.6) is 5.75 Å². The molecule has 0 spiro atoms. The highest BCUT2D eigenvalue weighted by molar-refractivity contribution is 5.91. The van der Waals surface area contributed by atoms with Gasteiger partial charge in [-0.05, 0) is 34.5 Å². The van der Waals surface area contributed by atoms with Gasteiger partial charge in [-0.15, -0.1) is 0 Å². The van der Waals surface area contributed by atoms with Crippen LogP contribution in [-0.4, -0.2) is 6.09 Å². The smallest absolute Gasteiger partial charge is 0.410 e. The number of amides is 1. The fourth-order valence-electron chi connectivity index (χ4n) is 2.98. The largest absolute Gasteiger partial charge is 0.413 e. The van der Waals surface area contributed by atoms with E-state index in [-0.39, 0.29) is 6.04 Å². The zero-order chi connectivity index (χ0) is 15.8. The number of ether oxygens (including phenoxy) is 1. The Morgan fingerprint density at radius 1 is 1.00 bits per heavy atom. The molecule has 0 bridgehead atoms. The normalized spacial score (nSPS) is 16.1. The minimum atomic E-state index is -0.470. The van der Waals surface area contributed by atoms with Gasteiger partial charge in [-0.2, -0.15) is 5.26 Å². The van der Waals surface area contributed by atoms with Crippen molar-refractivity contribution in [2.24, 2.45) is 0 Å². The molecule has 0 saturated carbocycles. The summed E-state index contributed by atoms with van der Waals surface area (Å²) in [5.74, 6) is 0.571. The number of hydrogen-bond donors (Lipinski definition) is 1. The second kappa shape index (κ2) is 5.15. The summed E-state index contributed by atoms with van der Waals surface area (Å²) in [6.45, 7) is 0. The highest BCUT2D eigenvalue weighted by Crippen LogP contribution is 2.38. The van der Waals surface area contributed by atoms with Crippen molar-refractivity contribution >= 4 is 16.9 Å². The summed E-state index contributed by atoms with van der Waals surface area (Å²) in [7, 11) is 0. The predicted molar refractivity (Wildman–Crippen MR) is 86.1 cm³/mol. The second-order valence-electron chi connectivity index (χ2n) is 5.40. The van der Waals surface area contributed by atoms with Crippen LogP contribution in [0.15, 0.2) is 60.7 Å². The zero-order valence-corrected chi connectivity index (χ0v) is 12.1. The first-order valence-corrected chi connectivity index (χ1v) is 7.26. The number of hydrogen-bond acceptors (Lipinski definition) is 3. The maximum Gasteiger partial charge on any atom is 0.413 e. The number of rotatable bonds is 1. The first-order valence-electron chi connectivity index (χ1n) is 7.26. The van der Waals surface area contributed by atoms with E-state index < -0.39 is 6.09 Å². The molecule has 1 amide bonds. The second-order valence-corrected chi connectivity index (χ2v) is 5.40. The average Bonchev–Trinajstić information content (AvgIpc) is 2.60. The molecule has 1 aliphatic heterocycles. The van der Waals surface area contributed by atoms with Gasteiger partial charge < -0.3 is 10.1 Å². The molecular formula is C19H12N2O2. The molecule has 1 N–H and O–H groups in total. The van der Waals surface area contributed by atoms with Gasteiger partial charge in [0.05, 0.1) is 17.7 Å². The van der Waals surface area contributed by atoms with Crippen molar-refractivity contribution in [3.05, 3.63) is 77.4 Å². The SMILES string of the molecule is N#Cc1ccc(C2NC(=O)Oc3ccc4ccccc4c32)cc1. The molecule has 3 aromatic rings. The van der Waals surface area contributed by atoms with Crippen LogP contribution in [-0.2, 0) is 0 Å². The third-order valence-electron chi connectivity index (χ3n) is 4.06. The first-order chi connectivity index (χ1) is 11.3. The van der Waals surface area contributed by atoms with Crippen LogP contribution in [0.1, 0.15) is 22.7 Å². The number of carbonyl (C=O) groups is 1. The van der Waals surface area contributed by atoms with Crippen LogP contribution >= 0.6 is 0 Å². The summed E-state index contributed by atoms with van der Waals surface area (Å²) < 4.78 is 5.33. The monoisotopic (exact) mass is 300 g/mol. The third kappa shape index (κ3) is 2.19. The number of carbonyl (C=O) groups excluding carboxylic acids is 1. The van der Waals surface area contributed by atoms with Crippen LogP contribution in [0.3, 0.4) is 0 Å². The lowest BCUT2D eigenvalue weighted by atomic mass is 9.91. The lowest BCUT2D eigenvalue weighted by molar-refractivity contribution is 0.191. The Hall–Kier alpha value is -3.32. The molecule has 4 heteroatoms. The van der Waals surface area contributed by atoms with Gasteiger partial charge in [-0.3, -0.25) is 0 Å². The number of fused-ring (bicyclic) bond motifs is 3. The summed E-state index contributed by atoms with van der Waals surface area (Å²) in [6, 6.07) is 20.8. The standard InChI is InChI=1S/C19H12N2O2/c20-11-12-5-7-14(8-6-12)18-17-15-4-2-1-3-13(15)9-10-16(17)23-19(22)21-18/h1-10,18H,(H,21,22). The van der Waals surface area contributed by atoms with Gasteiger partial charge in [0.2, 0.25) is 0 Å². The van der Waals surface area contributed by atoms with Crippen molar-refractivity contribution < 1.29 is 9.53 Å². The van der Waals surface area contributed by atoms with E-state index in [0.29, 0.717) is 11.3 Å². The van der Waals surface area contributed by atoms with Gasteiger partial charge in [-0.25, -0.2) is 4.79 Å². The minimum Gasteiger partial charge on any atom is -0.410 e. The predicted octanol–water partition coefficient (Wildman–Crippen LogP) is 3.90. The van der Waals surface area contributed by atoms with E-state index in [9.17, 15) is 4.79 Å². The third-order valence-corrected chi connectivity index (χ3v) is 4.06. The summed E-state index contributed by atoms with van der Waals surface area (Å²) >= 11 is 0. The average molecular weight is 300 g/mol. The molecule has 1 atom stereocenters. The molecular weight excluding hydrogens is 288 g/mol. The van der Waals surface area contributed by atoms with E-state index in [1.807, 2.05) is 48.5 Å². The van der Waals surface area contributed by atoms with Gasteiger partial charge in [0.15, 0.2) is 0 Å². The van der Waals surface area contributed by atoms with E-state index in [1.54, 1.807) is 12.1 Å². The van der Waals surface area contributed by atoms with Gasteiger partial charge in [0.25, 0.3) is 0 Å². The van der Waals surface area contributed by atoms with Crippen molar-refractivity contribution in [2.45, 2.75) is 6.04 Å². The molecule has 0 saturated heterocycles. The Labute approximate surface area is 132 Å². The molecule has 0 fully saturated rings. The highest BCUT2D eigenvalue weighted by atomic mass is 16.6. The Morgan fingerprint density at radius 3 is 2.57 bits per heavy atom. The van der Waals surface area contributed by atoms with Gasteiger partial charge >= 0.3 is 6.09 Å². The van der Waals surface area contributed by atoms with E-state index in [4.69, 9.17) is 10.00 Å². The Kier molecular flexibility index (Phi) is 2.99. The summed E-state index contributed by atoms with van der Waals surface area (Å²) in [4.78, 5) is 11.9. The lowest BCUT2D eigenvalue weighted by Gasteiger charge is -2.27. The van der Waals surface area contributed by atoms with Crippen molar-refractivity contribution in [1.82, 2.24) is 5.32 Å². The zero-order valence-electron chi connectivity index (χ0n) is 12.1. The number of nitrogens with one attached hydrogen (secondary N) is 1. The molecule has 0 aromatic heterocycles. The fourth-order valence-corrected chi connectivity index (χ4v) is 2.98. The molecule has 1 heterocycles. The summed E-state index contributed by atoms with van der Waals surface area (Å²) in [6.07, 6.45) is -0.470. The van der Waals surface area contributed by atoms with Crippen molar-refractivity contribution in [1.29, 1.82) is 5.26 Å². The first kappa shape index (κ1) is 13.4. The summed E-state index contributed by atoms with van der Waals surface area (Å²) in [5.41, 5.74) is 2.44. The van der Waals surface area contributed by atoms with Crippen molar-refractivity contribution in [3.63, 3.8) is 0 Å². The topological polar surface area (TPSA) is 62.1 Å². The molecule has 0 radical (unpaired) electrons. The van der Waals surface area contributed by atoms with E-state index >= 15 is 0 Å². The molecule has 1 unspecified atom stereocenters. The maximum atomic E-state index is 11.9. The summed E-state index contributed by atoms with van der Waals surface area (Å²) in [5, 5.41) is 13.9. The van der Waals surface area contributed by atoms with Crippen LogP contribution in [0.4, 0.5) is 4.79 Å². The van der Waals surface area contributed by atoms with Crippen LogP contribution in [0.2, 0.25) is 0 Å². The number of benzene rings is 3. The lowest BCUT2D eigenvalue weighted by Crippen LogP contribution is -2.36. The number of nitrogens with zero attached hydrogens (tertiary/aromatic N) is 1. The molecule has 0 aliphatic carbocycles. The van der Waals surface area contributed by atoms with Gasteiger partial charge in [0.1, 0.15) is 5.75 Å². The Balaban J connectivity index is 1.93. The molecule has 4 nitrogen and oxygen atoms in total. The van der Waals surface area contributed by atoms with Crippen LogP contribution < -0.4 is 10.1 Å². The van der Waals surface area contributed by atoms with E-state index in [0.717, 1.165) is 21.9 Å². The Bertz CT molecular complexity index is 955. The fraction of sp³-hybridized carbons (Fsp3) is 0.0526. The molecule has 23 heavy (non-hydrogen) atoms. The van der Waals surface area contributed by atoms with Gasteiger partial charge in [-0.1, -0.05) is 42.5 Å². The Morgan fingerprint density at radius 2 is 1.78 bits per heavy atom. The quantitative estimate of drug-likeness (QED) is 0.741. The molecule has 4 rings (SSSR count). The minimum absolute atomic E-state index is 0.301. The maximum absolute atomic E-state index is 11.9. The highest BCUT2D eigenvalue weighted by Gasteiger charge is 2.29. The van der Waals surface area contributed by atoms with Crippen molar-refractivity contribution in [2.75, 3.05) is 0 Å². The number of nitriles is 1. The van der Waals surface area contributed by atoms with Crippen molar-refractivity contribution in [3.8, 4) is 11.8 Å². The molecule has 3 aromatic carbocycles. The molecule has 110 valence electrons. The van der Waals surface area contributed by atoms with Crippen LogP contribution in [0, 0.1) is 11.3 Å². The van der Waals surface area contributed by atoms with E-state index in [1.165, 1.54) is 0 Å².